The third-order valence-electron chi connectivity index (χ3n) is 4.21. The third-order valence-corrected chi connectivity index (χ3v) is 5.24. The van der Waals surface area contributed by atoms with Crippen molar-refractivity contribution in [3.63, 3.8) is 0 Å². The van der Waals surface area contributed by atoms with Crippen LogP contribution in [0.15, 0.2) is 46.5 Å². The average molecular weight is 441 g/mol. The van der Waals surface area contributed by atoms with E-state index in [9.17, 15) is 23.1 Å². The molecule has 0 radical (unpaired) electrons. The molecule has 0 saturated heterocycles. The molecule has 0 atom stereocenters. The molecule has 162 valence electrons. The molecule has 0 amide bonds. The number of halogens is 3. The van der Waals surface area contributed by atoms with E-state index >= 15 is 0 Å². The smallest absolute Gasteiger partial charge is 0.422 e. The van der Waals surface area contributed by atoms with Gasteiger partial charge in [0.25, 0.3) is 5.56 Å². The van der Waals surface area contributed by atoms with E-state index in [0.29, 0.717) is 34.1 Å². The van der Waals surface area contributed by atoms with E-state index in [4.69, 9.17) is 4.74 Å². The summed E-state index contributed by atoms with van der Waals surface area (Å²) in [6.45, 7) is 2.09. The standard InChI is InChI=1S/C20H22F3N3O3S/c1-19(2,28)9-3-11-30-18-25-15-8-10-24-16(15)17(27)26(18)13-4-6-14(7-5-13)29-12-20(21,22)23/h4-8,10,24,28H,3,9,11-12H2,1-2H3. The zero-order valence-electron chi connectivity index (χ0n) is 16.5. The van der Waals surface area contributed by atoms with Crippen molar-refractivity contribution in [3.05, 3.63) is 46.9 Å². The van der Waals surface area contributed by atoms with Gasteiger partial charge in [-0.05, 0) is 57.0 Å². The Morgan fingerprint density at radius 1 is 1.20 bits per heavy atom. The molecule has 3 rings (SSSR count). The monoisotopic (exact) mass is 441 g/mol. The van der Waals surface area contributed by atoms with Crippen LogP contribution in [0, 0.1) is 0 Å². The van der Waals surface area contributed by atoms with Crippen LogP contribution in [0.1, 0.15) is 26.7 Å². The fourth-order valence-electron chi connectivity index (χ4n) is 2.83. The van der Waals surface area contributed by atoms with Gasteiger partial charge in [-0.3, -0.25) is 9.36 Å². The van der Waals surface area contributed by atoms with Crippen LogP contribution in [0.4, 0.5) is 13.2 Å². The van der Waals surface area contributed by atoms with Crippen molar-refractivity contribution in [2.75, 3.05) is 12.4 Å². The van der Waals surface area contributed by atoms with Gasteiger partial charge in [0.15, 0.2) is 11.8 Å². The van der Waals surface area contributed by atoms with Gasteiger partial charge >= 0.3 is 6.18 Å². The van der Waals surface area contributed by atoms with E-state index in [0.717, 1.165) is 6.42 Å². The predicted octanol–water partition coefficient (Wildman–Crippen LogP) is 4.30. The molecule has 3 aromatic rings. The molecule has 0 fully saturated rings. The summed E-state index contributed by atoms with van der Waals surface area (Å²) in [4.78, 5) is 20.4. The molecule has 2 heterocycles. The highest BCUT2D eigenvalue weighted by Crippen LogP contribution is 2.25. The topological polar surface area (TPSA) is 80.1 Å². The van der Waals surface area contributed by atoms with E-state index in [-0.39, 0.29) is 11.3 Å². The molecule has 6 nitrogen and oxygen atoms in total. The highest BCUT2D eigenvalue weighted by Gasteiger charge is 2.28. The van der Waals surface area contributed by atoms with Crippen LogP contribution in [-0.2, 0) is 0 Å². The Balaban J connectivity index is 1.87. The van der Waals surface area contributed by atoms with Gasteiger partial charge in [-0.2, -0.15) is 13.2 Å². The lowest BCUT2D eigenvalue weighted by Gasteiger charge is -2.17. The van der Waals surface area contributed by atoms with Crippen LogP contribution in [0.3, 0.4) is 0 Å². The van der Waals surface area contributed by atoms with Crippen LogP contribution in [-0.4, -0.2) is 43.8 Å². The minimum Gasteiger partial charge on any atom is -0.484 e. The van der Waals surface area contributed by atoms with Crippen molar-refractivity contribution < 1.29 is 23.0 Å². The highest BCUT2D eigenvalue weighted by atomic mass is 32.2. The van der Waals surface area contributed by atoms with E-state index < -0.39 is 18.4 Å². The largest absolute Gasteiger partial charge is 0.484 e. The van der Waals surface area contributed by atoms with Crippen molar-refractivity contribution in [1.29, 1.82) is 0 Å². The number of ether oxygens (including phenoxy) is 1. The van der Waals surface area contributed by atoms with Gasteiger partial charge in [0.2, 0.25) is 0 Å². The number of thioether (sulfide) groups is 1. The minimum absolute atomic E-state index is 0.0532. The van der Waals surface area contributed by atoms with Crippen molar-refractivity contribution in [3.8, 4) is 11.4 Å². The fraction of sp³-hybridized carbons (Fsp3) is 0.400. The Hall–Kier alpha value is -2.46. The van der Waals surface area contributed by atoms with E-state index in [1.54, 1.807) is 26.1 Å². The van der Waals surface area contributed by atoms with E-state index in [2.05, 4.69) is 9.97 Å². The normalized spacial score (nSPS) is 12.5. The van der Waals surface area contributed by atoms with Gasteiger partial charge in [0.1, 0.15) is 11.3 Å². The zero-order chi connectivity index (χ0) is 21.9. The van der Waals surface area contributed by atoms with Crippen molar-refractivity contribution in [2.45, 2.75) is 43.6 Å². The van der Waals surface area contributed by atoms with E-state index in [1.807, 2.05) is 0 Å². The summed E-state index contributed by atoms with van der Waals surface area (Å²) < 4.78 is 43.1. The second-order valence-corrected chi connectivity index (χ2v) is 8.50. The second kappa shape index (κ2) is 8.73. The number of aromatic amines is 1. The maximum atomic E-state index is 13.0. The van der Waals surface area contributed by atoms with Crippen LogP contribution in [0.25, 0.3) is 16.7 Å². The van der Waals surface area contributed by atoms with Crippen molar-refractivity contribution >= 4 is 22.8 Å². The minimum atomic E-state index is -4.43. The first-order chi connectivity index (χ1) is 14.0. The Kier molecular flexibility index (Phi) is 6.47. The summed E-state index contributed by atoms with van der Waals surface area (Å²) in [6, 6.07) is 7.51. The van der Waals surface area contributed by atoms with Gasteiger partial charge in [-0.25, -0.2) is 4.98 Å². The molecule has 0 aliphatic rings. The zero-order valence-corrected chi connectivity index (χ0v) is 17.3. The summed E-state index contributed by atoms with van der Waals surface area (Å²) >= 11 is 1.38. The van der Waals surface area contributed by atoms with Crippen LogP contribution in [0.5, 0.6) is 5.75 Å². The Morgan fingerprint density at radius 3 is 2.53 bits per heavy atom. The molecule has 1 aromatic carbocycles. The van der Waals surface area contributed by atoms with E-state index in [1.165, 1.54) is 40.6 Å². The van der Waals surface area contributed by atoms with Crippen molar-refractivity contribution in [2.24, 2.45) is 0 Å². The third kappa shape index (κ3) is 5.79. The summed E-state index contributed by atoms with van der Waals surface area (Å²) in [6.07, 6.45) is -1.48. The number of nitrogens with one attached hydrogen (secondary N) is 1. The van der Waals surface area contributed by atoms with Gasteiger partial charge < -0.3 is 14.8 Å². The molecule has 2 aromatic heterocycles. The number of nitrogens with zero attached hydrogens (tertiary/aromatic N) is 2. The summed E-state index contributed by atoms with van der Waals surface area (Å²) in [5, 5.41) is 10.3. The number of benzene rings is 1. The Bertz CT molecular complexity index is 1050. The number of rotatable bonds is 8. The van der Waals surface area contributed by atoms with Gasteiger partial charge in [-0.1, -0.05) is 11.8 Å². The van der Waals surface area contributed by atoms with Gasteiger partial charge in [0, 0.05) is 11.9 Å². The maximum absolute atomic E-state index is 13.0. The van der Waals surface area contributed by atoms with Gasteiger partial charge in [0.05, 0.1) is 16.8 Å². The quantitative estimate of drug-likeness (QED) is 0.310. The number of hydrogen-bond acceptors (Lipinski definition) is 5. The van der Waals surface area contributed by atoms with Crippen molar-refractivity contribution in [1.82, 2.24) is 14.5 Å². The van der Waals surface area contributed by atoms with Gasteiger partial charge in [-0.15, -0.1) is 0 Å². The van der Waals surface area contributed by atoms with Crippen LogP contribution < -0.4 is 10.3 Å². The second-order valence-electron chi connectivity index (χ2n) is 7.44. The number of aromatic nitrogens is 3. The molecule has 0 aliphatic carbocycles. The summed E-state index contributed by atoms with van der Waals surface area (Å²) in [5.74, 6) is 0.691. The first kappa shape index (κ1) is 22.2. The summed E-state index contributed by atoms with van der Waals surface area (Å²) in [7, 11) is 0. The molecular formula is C20H22F3N3O3S. The number of aliphatic hydroxyl groups is 1. The highest BCUT2D eigenvalue weighted by molar-refractivity contribution is 7.99. The molecule has 0 aliphatic heterocycles. The SMILES string of the molecule is CC(C)(O)CCCSc1nc2cc[nH]c2c(=O)n1-c1ccc(OCC(F)(F)F)cc1. The molecule has 10 heteroatoms. The predicted molar refractivity (Wildman–Crippen MR) is 109 cm³/mol. The van der Waals surface area contributed by atoms with Crippen LogP contribution >= 0.6 is 11.8 Å². The molecular weight excluding hydrogens is 419 g/mol. The maximum Gasteiger partial charge on any atom is 0.422 e. The first-order valence-corrected chi connectivity index (χ1v) is 10.3. The molecule has 30 heavy (non-hydrogen) atoms. The number of hydrogen-bond donors (Lipinski definition) is 2. The van der Waals surface area contributed by atoms with Crippen LogP contribution in [0.2, 0.25) is 0 Å². The molecule has 0 saturated carbocycles. The lowest BCUT2D eigenvalue weighted by atomic mass is 10.0. The first-order valence-electron chi connectivity index (χ1n) is 9.29. The Labute approximate surface area is 175 Å². The fourth-order valence-corrected chi connectivity index (χ4v) is 3.78. The lowest BCUT2D eigenvalue weighted by molar-refractivity contribution is -0.153. The molecule has 0 spiro atoms. The lowest BCUT2D eigenvalue weighted by Crippen LogP contribution is -2.22. The number of fused-ring (bicyclic) bond motifs is 1. The molecule has 2 N–H and O–H groups in total. The molecule has 0 unspecified atom stereocenters. The Morgan fingerprint density at radius 2 is 1.90 bits per heavy atom. The number of H-pyrrole nitrogens is 1. The number of alkyl halides is 3. The average Bonchev–Trinajstić information content (AvgIpc) is 3.12. The molecule has 0 bridgehead atoms. The summed E-state index contributed by atoms with van der Waals surface area (Å²) in [5.41, 5.74) is 0.261.